The van der Waals surface area contributed by atoms with Gasteiger partial charge in [0.25, 0.3) is 0 Å². The second kappa shape index (κ2) is 4.65. The smallest absolute Gasteiger partial charge is 0.0484 e. The number of hydrogen-bond donors (Lipinski definition) is 1. The van der Waals surface area contributed by atoms with Gasteiger partial charge in [0.05, 0.1) is 0 Å². The lowest BCUT2D eigenvalue weighted by molar-refractivity contribution is 0.837. The van der Waals surface area contributed by atoms with Gasteiger partial charge in [0, 0.05) is 10.4 Å². The van der Waals surface area contributed by atoms with E-state index in [1.54, 1.807) is 0 Å². The van der Waals surface area contributed by atoms with Crippen LogP contribution in [0.5, 0.6) is 0 Å². The SMILES string of the molecule is NCCCc1cccc2c(Cl)cccc12. The van der Waals surface area contributed by atoms with Crippen LogP contribution in [-0.2, 0) is 6.42 Å². The van der Waals surface area contributed by atoms with Crippen LogP contribution in [0.15, 0.2) is 36.4 Å². The van der Waals surface area contributed by atoms with Gasteiger partial charge in [-0.1, -0.05) is 41.9 Å². The Morgan fingerprint density at radius 3 is 2.53 bits per heavy atom. The first-order valence-electron chi connectivity index (χ1n) is 5.19. The fourth-order valence-corrected chi connectivity index (χ4v) is 2.08. The van der Waals surface area contributed by atoms with Gasteiger partial charge in [-0.25, -0.2) is 0 Å². The van der Waals surface area contributed by atoms with E-state index in [1.807, 2.05) is 12.1 Å². The second-order valence-electron chi connectivity index (χ2n) is 3.64. The van der Waals surface area contributed by atoms with Gasteiger partial charge in [0.15, 0.2) is 0 Å². The Kier molecular flexibility index (Phi) is 3.24. The number of fused-ring (bicyclic) bond motifs is 1. The van der Waals surface area contributed by atoms with Crippen molar-refractivity contribution < 1.29 is 0 Å². The third-order valence-corrected chi connectivity index (χ3v) is 2.94. The first-order chi connectivity index (χ1) is 7.33. The molecular weight excluding hydrogens is 206 g/mol. The fourth-order valence-electron chi connectivity index (χ4n) is 1.85. The molecule has 0 bridgehead atoms. The van der Waals surface area contributed by atoms with Gasteiger partial charge in [-0.05, 0) is 36.4 Å². The molecule has 0 aliphatic heterocycles. The molecule has 0 spiro atoms. The molecular formula is C13H14ClN. The first-order valence-corrected chi connectivity index (χ1v) is 5.57. The summed E-state index contributed by atoms with van der Waals surface area (Å²) in [6.07, 6.45) is 2.04. The van der Waals surface area contributed by atoms with Crippen LogP contribution < -0.4 is 5.73 Å². The standard InChI is InChI=1S/C13H14ClN/c14-13-8-2-6-11-10(5-3-9-15)4-1-7-12(11)13/h1-2,4,6-8H,3,5,9,15H2. The third-order valence-electron chi connectivity index (χ3n) is 2.61. The highest BCUT2D eigenvalue weighted by molar-refractivity contribution is 6.35. The van der Waals surface area contributed by atoms with Gasteiger partial charge < -0.3 is 5.73 Å². The van der Waals surface area contributed by atoms with Crippen LogP contribution >= 0.6 is 11.6 Å². The Balaban J connectivity index is 2.51. The maximum Gasteiger partial charge on any atom is 0.0484 e. The summed E-state index contributed by atoms with van der Waals surface area (Å²) in [5, 5.41) is 3.20. The summed E-state index contributed by atoms with van der Waals surface area (Å²) in [6, 6.07) is 12.3. The van der Waals surface area contributed by atoms with Crippen molar-refractivity contribution in [1.82, 2.24) is 0 Å². The average molecular weight is 220 g/mol. The van der Waals surface area contributed by atoms with Crippen LogP contribution in [0.25, 0.3) is 10.8 Å². The molecule has 2 rings (SSSR count). The largest absolute Gasteiger partial charge is 0.330 e. The summed E-state index contributed by atoms with van der Waals surface area (Å²) < 4.78 is 0. The summed E-state index contributed by atoms with van der Waals surface area (Å²) in [4.78, 5) is 0. The van der Waals surface area contributed by atoms with E-state index in [4.69, 9.17) is 17.3 Å². The molecule has 0 aromatic heterocycles. The molecule has 0 aliphatic carbocycles. The van der Waals surface area contributed by atoms with Gasteiger partial charge >= 0.3 is 0 Å². The minimum absolute atomic E-state index is 0.733. The first kappa shape index (κ1) is 10.5. The minimum atomic E-state index is 0.733. The van der Waals surface area contributed by atoms with Crippen LogP contribution in [0.4, 0.5) is 0 Å². The van der Waals surface area contributed by atoms with Gasteiger partial charge in [-0.3, -0.25) is 0 Å². The van der Waals surface area contributed by atoms with Crippen LogP contribution in [0, 0.1) is 0 Å². The highest BCUT2D eigenvalue weighted by Gasteiger charge is 2.02. The number of aryl methyl sites for hydroxylation is 1. The number of nitrogens with two attached hydrogens (primary N) is 1. The summed E-state index contributed by atoms with van der Waals surface area (Å²) in [5.74, 6) is 0. The van der Waals surface area contributed by atoms with Crippen LogP contribution in [-0.4, -0.2) is 6.54 Å². The summed E-state index contributed by atoms with van der Waals surface area (Å²) >= 11 is 6.14. The molecule has 2 aromatic carbocycles. The second-order valence-corrected chi connectivity index (χ2v) is 4.05. The van der Waals surface area contributed by atoms with Crippen LogP contribution in [0.2, 0.25) is 5.02 Å². The molecule has 15 heavy (non-hydrogen) atoms. The monoisotopic (exact) mass is 219 g/mol. The van der Waals surface area contributed by atoms with Crippen molar-refractivity contribution in [3.05, 3.63) is 47.0 Å². The zero-order valence-corrected chi connectivity index (χ0v) is 9.30. The van der Waals surface area contributed by atoms with Crippen molar-refractivity contribution in [2.45, 2.75) is 12.8 Å². The highest BCUT2D eigenvalue weighted by atomic mass is 35.5. The molecule has 0 atom stereocenters. The lowest BCUT2D eigenvalue weighted by Crippen LogP contribution is -2.00. The van der Waals surface area contributed by atoms with E-state index in [9.17, 15) is 0 Å². The Morgan fingerprint density at radius 2 is 1.73 bits per heavy atom. The Bertz CT molecular complexity index is 465. The predicted octanol–water partition coefficient (Wildman–Crippen LogP) is 3.38. The van der Waals surface area contributed by atoms with E-state index >= 15 is 0 Å². The zero-order chi connectivity index (χ0) is 10.7. The topological polar surface area (TPSA) is 26.0 Å². The van der Waals surface area contributed by atoms with Gasteiger partial charge in [-0.15, -0.1) is 0 Å². The van der Waals surface area contributed by atoms with E-state index in [2.05, 4.69) is 24.3 Å². The summed E-state index contributed by atoms with van der Waals surface area (Å²) in [5.41, 5.74) is 6.86. The normalized spacial score (nSPS) is 10.8. The van der Waals surface area contributed by atoms with Gasteiger partial charge in [0.2, 0.25) is 0 Å². The Morgan fingerprint density at radius 1 is 1.00 bits per heavy atom. The number of hydrogen-bond acceptors (Lipinski definition) is 1. The van der Waals surface area contributed by atoms with Crippen LogP contribution in [0.3, 0.4) is 0 Å². The average Bonchev–Trinajstić information content (AvgIpc) is 2.27. The van der Waals surface area contributed by atoms with Gasteiger partial charge in [-0.2, -0.15) is 0 Å². The molecule has 0 fully saturated rings. The molecule has 0 saturated carbocycles. The molecule has 0 saturated heterocycles. The van der Waals surface area contributed by atoms with Crippen molar-refractivity contribution in [3.63, 3.8) is 0 Å². The number of rotatable bonds is 3. The third kappa shape index (κ3) is 2.14. The molecule has 78 valence electrons. The van der Waals surface area contributed by atoms with E-state index in [-0.39, 0.29) is 0 Å². The molecule has 1 nitrogen and oxygen atoms in total. The van der Waals surface area contributed by atoms with Crippen molar-refractivity contribution in [1.29, 1.82) is 0 Å². The molecule has 0 aliphatic rings. The summed E-state index contributed by atoms with van der Waals surface area (Å²) in [7, 11) is 0. The van der Waals surface area contributed by atoms with Gasteiger partial charge in [0.1, 0.15) is 0 Å². The fraction of sp³-hybridized carbons (Fsp3) is 0.231. The molecule has 0 heterocycles. The van der Waals surface area contributed by atoms with Crippen molar-refractivity contribution in [3.8, 4) is 0 Å². The predicted molar refractivity (Wildman–Crippen MR) is 66.3 cm³/mol. The maximum atomic E-state index is 6.14. The summed E-state index contributed by atoms with van der Waals surface area (Å²) in [6.45, 7) is 0.733. The number of halogens is 1. The Hall–Kier alpha value is -1.05. The molecule has 0 unspecified atom stereocenters. The maximum absolute atomic E-state index is 6.14. The van der Waals surface area contributed by atoms with E-state index in [0.717, 1.165) is 29.8 Å². The molecule has 2 heteroatoms. The van der Waals surface area contributed by atoms with Crippen molar-refractivity contribution in [2.24, 2.45) is 5.73 Å². The Labute approximate surface area is 94.9 Å². The van der Waals surface area contributed by atoms with E-state index < -0.39 is 0 Å². The minimum Gasteiger partial charge on any atom is -0.330 e. The molecule has 0 radical (unpaired) electrons. The molecule has 2 aromatic rings. The zero-order valence-electron chi connectivity index (χ0n) is 8.54. The van der Waals surface area contributed by atoms with Crippen molar-refractivity contribution >= 4 is 22.4 Å². The lowest BCUT2D eigenvalue weighted by atomic mass is 10.0. The lowest BCUT2D eigenvalue weighted by Gasteiger charge is -2.06. The molecule has 2 N–H and O–H groups in total. The quantitative estimate of drug-likeness (QED) is 0.842. The highest BCUT2D eigenvalue weighted by Crippen LogP contribution is 2.26. The van der Waals surface area contributed by atoms with Crippen molar-refractivity contribution in [2.75, 3.05) is 6.54 Å². The number of benzene rings is 2. The van der Waals surface area contributed by atoms with Crippen LogP contribution in [0.1, 0.15) is 12.0 Å². The molecule has 0 amide bonds. The van der Waals surface area contributed by atoms with E-state index in [0.29, 0.717) is 0 Å². The van der Waals surface area contributed by atoms with E-state index in [1.165, 1.54) is 10.9 Å².